The average Bonchev–Trinajstić information content (AvgIpc) is 2.41. The Morgan fingerprint density at radius 1 is 1.30 bits per heavy atom. The highest BCUT2D eigenvalue weighted by molar-refractivity contribution is 6.32. The molecule has 6 heteroatoms. The number of ether oxygens (including phenoxy) is 1. The molecular formula is C14H13ClN2O3. The van der Waals surface area contributed by atoms with Gasteiger partial charge in [0, 0.05) is 23.4 Å². The van der Waals surface area contributed by atoms with Crippen molar-refractivity contribution < 1.29 is 9.66 Å². The Bertz CT molecular complexity index is 659. The average molecular weight is 293 g/mol. The van der Waals surface area contributed by atoms with Crippen molar-refractivity contribution >= 4 is 23.0 Å². The van der Waals surface area contributed by atoms with Crippen LogP contribution in [0.4, 0.5) is 11.4 Å². The lowest BCUT2D eigenvalue weighted by atomic mass is 10.1. The summed E-state index contributed by atoms with van der Waals surface area (Å²) in [5, 5.41) is 11.2. The van der Waals surface area contributed by atoms with Gasteiger partial charge in [0.2, 0.25) is 0 Å². The summed E-state index contributed by atoms with van der Waals surface area (Å²) < 4.78 is 5.58. The number of anilines is 1. The highest BCUT2D eigenvalue weighted by Gasteiger charge is 2.10. The number of nitro groups is 1. The van der Waals surface area contributed by atoms with Gasteiger partial charge in [0.05, 0.1) is 9.95 Å². The van der Waals surface area contributed by atoms with Gasteiger partial charge < -0.3 is 10.5 Å². The van der Waals surface area contributed by atoms with Crippen molar-refractivity contribution in [2.24, 2.45) is 0 Å². The molecule has 2 N–H and O–H groups in total. The zero-order chi connectivity index (χ0) is 14.7. The zero-order valence-corrected chi connectivity index (χ0v) is 11.6. The van der Waals surface area contributed by atoms with Crippen LogP contribution in [0.1, 0.15) is 11.1 Å². The maximum atomic E-state index is 10.7. The second kappa shape index (κ2) is 5.79. The van der Waals surface area contributed by atoms with Crippen molar-refractivity contribution in [1.82, 2.24) is 0 Å². The quantitative estimate of drug-likeness (QED) is 0.529. The van der Waals surface area contributed by atoms with Crippen molar-refractivity contribution in [3.8, 4) is 5.75 Å². The monoisotopic (exact) mass is 292 g/mol. The molecular weight excluding hydrogens is 280 g/mol. The Hall–Kier alpha value is -2.27. The number of nitro benzene ring substituents is 1. The van der Waals surface area contributed by atoms with Crippen LogP contribution < -0.4 is 10.5 Å². The molecule has 0 saturated carbocycles. The summed E-state index contributed by atoms with van der Waals surface area (Å²) in [6.07, 6.45) is 0. The predicted octanol–water partition coefficient (Wildman–Crippen LogP) is 3.72. The summed E-state index contributed by atoms with van der Waals surface area (Å²) in [7, 11) is 0. The molecule has 0 spiro atoms. The lowest BCUT2D eigenvalue weighted by Crippen LogP contribution is -2.02. The lowest BCUT2D eigenvalue weighted by molar-refractivity contribution is -0.384. The molecule has 0 saturated heterocycles. The molecule has 0 bridgehead atoms. The number of hydrogen-bond acceptors (Lipinski definition) is 4. The largest absolute Gasteiger partial charge is 0.487 e. The number of hydrogen-bond donors (Lipinski definition) is 1. The molecule has 0 fully saturated rings. The summed E-state index contributed by atoms with van der Waals surface area (Å²) in [6, 6.07) is 9.67. The number of halogens is 1. The van der Waals surface area contributed by atoms with Crippen LogP contribution in [0.3, 0.4) is 0 Å². The second-order valence-electron chi connectivity index (χ2n) is 4.36. The van der Waals surface area contributed by atoms with E-state index < -0.39 is 4.92 Å². The van der Waals surface area contributed by atoms with E-state index in [9.17, 15) is 10.1 Å². The van der Waals surface area contributed by atoms with Gasteiger partial charge in [-0.25, -0.2) is 0 Å². The van der Waals surface area contributed by atoms with E-state index in [1.807, 2.05) is 13.0 Å². The minimum Gasteiger partial charge on any atom is -0.487 e. The number of nitrogen functional groups attached to an aromatic ring is 1. The van der Waals surface area contributed by atoms with Crippen LogP contribution in [0.2, 0.25) is 5.02 Å². The lowest BCUT2D eigenvalue weighted by Gasteiger charge is -2.10. The Morgan fingerprint density at radius 3 is 2.75 bits per heavy atom. The molecule has 0 aromatic heterocycles. The van der Waals surface area contributed by atoms with Crippen molar-refractivity contribution in [2.75, 3.05) is 5.73 Å². The predicted molar refractivity (Wildman–Crippen MR) is 78.0 cm³/mol. The number of nitrogens with zero attached hydrogens (tertiary/aromatic N) is 1. The third kappa shape index (κ3) is 3.19. The van der Waals surface area contributed by atoms with E-state index in [0.717, 1.165) is 5.56 Å². The Kier molecular flexibility index (Phi) is 4.10. The van der Waals surface area contributed by atoms with Crippen LogP contribution in [-0.4, -0.2) is 4.92 Å². The Balaban J connectivity index is 2.20. The van der Waals surface area contributed by atoms with E-state index in [1.165, 1.54) is 18.2 Å². The molecule has 2 aromatic carbocycles. The minimum atomic E-state index is -0.470. The van der Waals surface area contributed by atoms with Crippen LogP contribution >= 0.6 is 11.6 Å². The summed E-state index contributed by atoms with van der Waals surface area (Å²) >= 11 is 6.02. The van der Waals surface area contributed by atoms with Crippen LogP contribution in [0.5, 0.6) is 5.75 Å². The van der Waals surface area contributed by atoms with Crippen molar-refractivity contribution in [3.05, 3.63) is 62.7 Å². The first-order valence-electron chi connectivity index (χ1n) is 5.89. The molecule has 5 nitrogen and oxygen atoms in total. The van der Waals surface area contributed by atoms with Gasteiger partial charge in [-0.1, -0.05) is 17.7 Å². The molecule has 0 unspecified atom stereocenters. The smallest absolute Gasteiger partial charge is 0.269 e. The normalized spacial score (nSPS) is 10.3. The molecule has 2 rings (SSSR count). The molecule has 0 radical (unpaired) electrons. The van der Waals surface area contributed by atoms with E-state index in [2.05, 4.69) is 0 Å². The van der Waals surface area contributed by atoms with Crippen LogP contribution in [0.25, 0.3) is 0 Å². The van der Waals surface area contributed by atoms with Crippen molar-refractivity contribution in [2.45, 2.75) is 13.5 Å². The number of benzene rings is 2. The van der Waals surface area contributed by atoms with Gasteiger partial charge in [-0.3, -0.25) is 10.1 Å². The van der Waals surface area contributed by atoms with Gasteiger partial charge in [0.1, 0.15) is 12.4 Å². The minimum absolute atomic E-state index is 0.0202. The van der Waals surface area contributed by atoms with E-state index in [1.54, 1.807) is 12.1 Å². The first kappa shape index (κ1) is 14.1. The van der Waals surface area contributed by atoms with Gasteiger partial charge in [-0.15, -0.1) is 0 Å². The molecule has 0 atom stereocenters. The molecule has 0 aliphatic carbocycles. The molecule has 0 amide bonds. The summed E-state index contributed by atoms with van der Waals surface area (Å²) in [6.45, 7) is 2.04. The second-order valence-corrected chi connectivity index (χ2v) is 4.77. The summed E-state index contributed by atoms with van der Waals surface area (Å²) in [5.74, 6) is 0.526. The number of aryl methyl sites for hydroxylation is 1. The third-order valence-corrected chi connectivity index (χ3v) is 3.12. The molecule has 0 heterocycles. The number of nitrogens with two attached hydrogens (primary N) is 1. The van der Waals surface area contributed by atoms with Crippen LogP contribution in [0.15, 0.2) is 36.4 Å². The first-order chi connectivity index (χ1) is 9.47. The third-order valence-electron chi connectivity index (χ3n) is 2.81. The molecule has 0 aliphatic rings. The SMILES string of the molecule is Cc1ccc(Cl)c(OCc2cc([N+](=O)[O-])ccc2N)c1. The number of rotatable bonds is 4. The van der Waals surface area contributed by atoms with Gasteiger partial charge in [0.25, 0.3) is 5.69 Å². The fourth-order valence-corrected chi connectivity index (χ4v) is 1.88. The fraction of sp³-hybridized carbons (Fsp3) is 0.143. The maximum absolute atomic E-state index is 10.7. The topological polar surface area (TPSA) is 78.4 Å². The first-order valence-corrected chi connectivity index (χ1v) is 6.27. The van der Waals surface area contributed by atoms with E-state index in [0.29, 0.717) is 22.0 Å². The Labute approximate surface area is 121 Å². The molecule has 104 valence electrons. The van der Waals surface area contributed by atoms with Crippen molar-refractivity contribution in [3.63, 3.8) is 0 Å². The van der Waals surface area contributed by atoms with E-state index in [4.69, 9.17) is 22.1 Å². The van der Waals surface area contributed by atoms with Crippen LogP contribution in [-0.2, 0) is 6.61 Å². The zero-order valence-electron chi connectivity index (χ0n) is 10.8. The molecule has 2 aromatic rings. The van der Waals surface area contributed by atoms with Gasteiger partial charge in [0.15, 0.2) is 0 Å². The Morgan fingerprint density at radius 2 is 2.05 bits per heavy atom. The van der Waals surface area contributed by atoms with E-state index in [-0.39, 0.29) is 12.3 Å². The van der Waals surface area contributed by atoms with Gasteiger partial charge in [-0.05, 0) is 30.7 Å². The van der Waals surface area contributed by atoms with Crippen LogP contribution in [0, 0.1) is 17.0 Å². The standard InChI is InChI=1S/C14H13ClN2O3/c1-9-2-4-12(15)14(6-9)20-8-10-7-11(17(18)19)3-5-13(10)16/h2-7H,8,16H2,1H3. The fourth-order valence-electron chi connectivity index (χ4n) is 1.71. The van der Waals surface area contributed by atoms with Gasteiger partial charge in [-0.2, -0.15) is 0 Å². The van der Waals surface area contributed by atoms with Gasteiger partial charge >= 0.3 is 0 Å². The number of non-ortho nitro benzene ring substituents is 1. The molecule has 20 heavy (non-hydrogen) atoms. The maximum Gasteiger partial charge on any atom is 0.269 e. The summed E-state index contributed by atoms with van der Waals surface area (Å²) in [4.78, 5) is 10.3. The van der Waals surface area contributed by atoms with Crippen molar-refractivity contribution in [1.29, 1.82) is 0 Å². The molecule has 0 aliphatic heterocycles. The highest BCUT2D eigenvalue weighted by Crippen LogP contribution is 2.27. The van der Waals surface area contributed by atoms with E-state index >= 15 is 0 Å². The highest BCUT2D eigenvalue weighted by atomic mass is 35.5. The summed E-state index contributed by atoms with van der Waals surface area (Å²) in [5.41, 5.74) is 7.77.